The van der Waals surface area contributed by atoms with Gasteiger partial charge in [0.25, 0.3) is 0 Å². The fourth-order valence-electron chi connectivity index (χ4n) is 3.53. The summed E-state index contributed by atoms with van der Waals surface area (Å²) in [5.41, 5.74) is 0.241. The van der Waals surface area contributed by atoms with Crippen LogP contribution in [0.15, 0.2) is 0 Å². The summed E-state index contributed by atoms with van der Waals surface area (Å²) < 4.78 is 6.11. The van der Waals surface area contributed by atoms with Crippen LogP contribution in [0.3, 0.4) is 0 Å². The van der Waals surface area contributed by atoms with E-state index in [2.05, 4.69) is 29.0 Å². The maximum Gasteiger partial charge on any atom is 0.0795 e. The lowest BCUT2D eigenvalue weighted by atomic mass is 9.89. The van der Waals surface area contributed by atoms with Crippen LogP contribution in [-0.4, -0.2) is 60.8 Å². The molecule has 3 unspecified atom stereocenters. The Morgan fingerprint density at radius 3 is 3.06 bits per heavy atom. The van der Waals surface area contributed by atoms with Crippen molar-refractivity contribution in [2.75, 3.05) is 38.2 Å². The highest BCUT2D eigenvalue weighted by molar-refractivity contribution is 7.99. The quantitative estimate of drug-likeness (QED) is 0.806. The average molecular weight is 256 g/mol. The van der Waals surface area contributed by atoms with Gasteiger partial charge in [-0.15, -0.1) is 0 Å². The lowest BCUT2D eigenvalue weighted by molar-refractivity contribution is -0.0869. The lowest BCUT2D eigenvalue weighted by Crippen LogP contribution is -2.48. The Labute approximate surface area is 109 Å². The lowest BCUT2D eigenvalue weighted by Gasteiger charge is -2.41. The zero-order valence-corrected chi connectivity index (χ0v) is 11.6. The first kappa shape index (κ1) is 12.3. The van der Waals surface area contributed by atoms with E-state index in [1.54, 1.807) is 0 Å². The molecular formula is C13H24N2OS. The zero-order valence-electron chi connectivity index (χ0n) is 10.8. The second kappa shape index (κ2) is 5.08. The second-order valence-corrected chi connectivity index (χ2v) is 6.86. The molecule has 0 bridgehead atoms. The van der Waals surface area contributed by atoms with Crippen LogP contribution in [0.25, 0.3) is 0 Å². The number of rotatable bonds is 2. The highest BCUT2D eigenvalue weighted by Gasteiger charge is 2.42. The number of thioether (sulfide) groups is 1. The molecule has 0 aromatic rings. The molecule has 1 N–H and O–H groups in total. The van der Waals surface area contributed by atoms with Crippen molar-refractivity contribution >= 4 is 11.8 Å². The van der Waals surface area contributed by atoms with Crippen LogP contribution in [0.5, 0.6) is 0 Å². The molecule has 3 aliphatic rings. The van der Waals surface area contributed by atoms with E-state index in [9.17, 15) is 0 Å². The Balaban J connectivity index is 1.60. The van der Waals surface area contributed by atoms with Crippen molar-refractivity contribution in [1.82, 2.24) is 10.2 Å². The molecule has 3 fully saturated rings. The van der Waals surface area contributed by atoms with Crippen molar-refractivity contribution in [3.8, 4) is 0 Å². The monoisotopic (exact) mass is 256 g/mol. The zero-order chi connectivity index (χ0) is 11.7. The van der Waals surface area contributed by atoms with Crippen molar-refractivity contribution < 1.29 is 4.74 Å². The molecule has 0 aromatic carbocycles. The van der Waals surface area contributed by atoms with Crippen LogP contribution in [0, 0.1) is 0 Å². The van der Waals surface area contributed by atoms with E-state index in [4.69, 9.17) is 4.74 Å². The van der Waals surface area contributed by atoms with E-state index in [-0.39, 0.29) is 5.60 Å². The fraction of sp³-hybridized carbons (Fsp3) is 1.00. The molecule has 3 nitrogen and oxygen atoms in total. The van der Waals surface area contributed by atoms with Crippen LogP contribution in [0.1, 0.15) is 25.7 Å². The molecule has 0 saturated carbocycles. The molecule has 1 spiro atoms. The second-order valence-electron chi connectivity index (χ2n) is 5.75. The van der Waals surface area contributed by atoms with E-state index in [0.717, 1.165) is 12.6 Å². The van der Waals surface area contributed by atoms with Crippen LogP contribution < -0.4 is 5.32 Å². The van der Waals surface area contributed by atoms with Crippen molar-refractivity contribution in [2.45, 2.75) is 43.4 Å². The molecule has 0 radical (unpaired) electrons. The van der Waals surface area contributed by atoms with Gasteiger partial charge in [-0.3, -0.25) is 4.90 Å². The third-order valence-corrected chi connectivity index (χ3v) is 5.90. The minimum atomic E-state index is 0.241. The average Bonchev–Trinajstić information content (AvgIpc) is 2.99. The minimum absolute atomic E-state index is 0.241. The predicted octanol–water partition coefficient (Wildman–Crippen LogP) is 1.33. The summed E-state index contributed by atoms with van der Waals surface area (Å²) in [6.07, 6.45) is 5.10. The van der Waals surface area contributed by atoms with Gasteiger partial charge in [-0.2, -0.15) is 11.8 Å². The molecule has 0 aliphatic carbocycles. The van der Waals surface area contributed by atoms with E-state index in [1.165, 1.54) is 50.3 Å². The summed E-state index contributed by atoms with van der Waals surface area (Å²) in [6.45, 7) is 3.50. The van der Waals surface area contributed by atoms with E-state index < -0.39 is 0 Å². The number of likely N-dealkylation sites (N-methyl/N-ethyl adjacent to an activating group) is 1. The molecule has 98 valence electrons. The molecule has 3 saturated heterocycles. The third-order valence-electron chi connectivity index (χ3n) is 4.68. The third kappa shape index (κ3) is 2.50. The first-order chi connectivity index (χ1) is 8.31. The number of hydrogen-bond donors (Lipinski definition) is 1. The summed E-state index contributed by atoms with van der Waals surface area (Å²) in [4.78, 5) is 2.70. The maximum atomic E-state index is 6.11. The van der Waals surface area contributed by atoms with Gasteiger partial charge in [0.2, 0.25) is 0 Å². The molecule has 0 aromatic heterocycles. The van der Waals surface area contributed by atoms with Crippen LogP contribution >= 0.6 is 11.8 Å². The van der Waals surface area contributed by atoms with E-state index in [1.807, 2.05) is 0 Å². The highest BCUT2D eigenvalue weighted by Crippen LogP contribution is 2.40. The van der Waals surface area contributed by atoms with Crippen molar-refractivity contribution in [1.29, 1.82) is 0 Å². The van der Waals surface area contributed by atoms with E-state index in [0.29, 0.717) is 6.04 Å². The fourth-order valence-corrected chi connectivity index (χ4v) is 4.91. The molecule has 3 rings (SSSR count). The number of nitrogens with one attached hydrogen (secondary N) is 1. The smallest absolute Gasteiger partial charge is 0.0795 e. The highest BCUT2D eigenvalue weighted by atomic mass is 32.2. The van der Waals surface area contributed by atoms with Gasteiger partial charge >= 0.3 is 0 Å². The Hall–Kier alpha value is 0.230. The molecule has 0 amide bonds. The van der Waals surface area contributed by atoms with E-state index >= 15 is 0 Å². The summed E-state index contributed by atoms with van der Waals surface area (Å²) in [6, 6.07) is 1.49. The molecule has 3 aliphatic heterocycles. The van der Waals surface area contributed by atoms with Gasteiger partial charge in [0, 0.05) is 37.5 Å². The Morgan fingerprint density at radius 2 is 2.35 bits per heavy atom. The molecule has 3 heterocycles. The topological polar surface area (TPSA) is 24.5 Å². The Kier molecular flexibility index (Phi) is 3.67. The van der Waals surface area contributed by atoms with Gasteiger partial charge in [-0.1, -0.05) is 0 Å². The number of ether oxygens (including phenoxy) is 1. The van der Waals surface area contributed by atoms with Gasteiger partial charge in [-0.05, 0) is 38.5 Å². The van der Waals surface area contributed by atoms with Gasteiger partial charge in [0.1, 0.15) is 0 Å². The molecule has 4 heteroatoms. The van der Waals surface area contributed by atoms with Crippen molar-refractivity contribution in [3.63, 3.8) is 0 Å². The molecule has 3 atom stereocenters. The summed E-state index contributed by atoms with van der Waals surface area (Å²) in [7, 11) is 2.09. The Morgan fingerprint density at radius 1 is 1.41 bits per heavy atom. The van der Waals surface area contributed by atoms with Crippen LogP contribution in [-0.2, 0) is 4.74 Å². The first-order valence-corrected chi connectivity index (χ1v) is 8.10. The van der Waals surface area contributed by atoms with Crippen molar-refractivity contribution in [3.05, 3.63) is 0 Å². The van der Waals surface area contributed by atoms with Gasteiger partial charge in [0.15, 0.2) is 0 Å². The normalized spacial score (nSPS) is 43.6. The van der Waals surface area contributed by atoms with Crippen LogP contribution in [0.4, 0.5) is 0 Å². The largest absolute Gasteiger partial charge is 0.374 e. The summed E-state index contributed by atoms with van der Waals surface area (Å²) in [5, 5.41) is 3.42. The first-order valence-electron chi connectivity index (χ1n) is 6.94. The Bertz CT molecular complexity index is 268. The van der Waals surface area contributed by atoms with Gasteiger partial charge < -0.3 is 10.1 Å². The number of hydrogen-bond acceptors (Lipinski definition) is 4. The van der Waals surface area contributed by atoms with Gasteiger partial charge in [-0.25, -0.2) is 0 Å². The molecular weight excluding hydrogens is 232 g/mol. The van der Waals surface area contributed by atoms with Crippen LogP contribution in [0.2, 0.25) is 0 Å². The number of likely N-dealkylation sites (tertiary alicyclic amines) is 1. The van der Waals surface area contributed by atoms with Gasteiger partial charge in [0.05, 0.1) is 5.60 Å². The standard InChI is InChI=1S/C13H24N2OS/c1-14-11-2-5-15(9-11)12-3-6-16-13(8-12)4-7-17-10-13/h11-12,14H,2-10H2,1H3. The summed E-state index contributed by atoms with van der Waals surface area (Å²) in [5.74, 6) is 2.53. The SMILES string of the molecule is CNC1CCN(C2CCOC3(CCSC3)C2)C1. The summed E-state index contributed by atoms with van der Waals surface area (Å²) >= 11 is 2.07. The maximum absolute atomic E-state index is 6.11. The predicted molar refractivity (Wildman–Crippen MR) is 72.7 cm³/mol. The number of nitrogens with zero attached hydrogens (tertiary/aromatic N) is 1. The minimum Gasteiger partial charge on any atom is -0.374 e. The van der Waals surface area contributed by atoms with Crippen molar-refractivity contribution in [2.24, 2.45) is 0 Å². The molecule has 17 heavy (non-hydrogen) atoms.